The lowest BCUT2D eigenvalue weighted by atomic mass is 10.1. The molecule has 0 unspecified atom stereocenters. The van der Waals surface area contributed by atoms with Gasteiger partial charge in [-0.2, -0.15) is 0 Å². The topological polar surface area (TPSA) is 92.5 Å². The summed E-state index contributed by atoms with van der Waals surface area (Å²) in [5, 5.41) is 23.0. The summed E-state index contributed by atoms with van der Waals surface area (Å²) < 4.78 is 0. The van der Waals surface area contributed by atoms with E-state index in [0.29, 0.717) is 6.54 Å². The molecule has 0 fully saturated rings. The first-order chi connectivity index (χ1) is 10.1. The maximum atomic E-state index is 11.1. The number of nitrogens with zero attached hydrogens (tertiary/aromatic N) is 1. The largest absolute Gasteiger partial charge is 0.478 e. The number of carboxylic acids is 1. The number of nitrogens with one attached hydrogen (secondary N) is 1. The highest BCUT2D eigenvalue weighted by Gasteiger charge is 2.20. The van der Waals surface area contributed by atoms with E-state index in [1.165, 1.54) is 37.5 Å². The molecule has 0 saturated carbocycles. The van der Waals surface area contributed by atoms with Crippen LogP contribution >= 0.6 is 0 Å². The van der Waals surface area contributed by atoms with Gasteiger partial charge in [-0.3, -0.25) is 10.1 Å². The molecule has 1 rings (SSSR count). The van der Waals surface area contributed by atoms with Crippen molar-refractivity contribution in [3.63, 3.8) is 0 Å². The van der Waals surface area contributed by atoms with Gasteiger partial charge >= 0.3 is 5.97 Å². The molecule has 21 heavy (non-hydrogen) atoms. The molecule has 0 aromatic heterocycles. The summed E-state index contributed by atoms with van der Waals surface area (Å²) in [5.41, 5.74) is -0.153. The van der Waals surface area contributed by atoms with Crippen LogP contribution in [0.5, 0.6) is 0 Å². The van der Waals surface area contributed by atoms with Gasteiger partial charge in [0.15, 0.2) is 0 Å². The molecule has 0 aliphatic heterocycles. The Balaban J connectivity index is 2.60. The Kier molecular flexibility index (Phi) is 7.21. The molecular weight excluding hydrogens is 272 g/mol. The Labute approximate surface area is 124 Å². The first kappa shape index (κ1) is 16.9. The van der Waals surface area contributed by atoms with Crippen LogP contribution in [0, 0.1) is 10.1 Å². The third-order valence-corrected chi connectivity index (χ3v) is 3.30. The summed E-state index contributed by atoms with van der Waals surface area (Å²) in [4.78, 5) is 21.6. The summed E-state index contributed by atoms with van der Waals surface area (Å²) in [6.45, 7) is 2.70. The summed E-state index contributed by atoms with van der Waals surface area (Å²) in [6.07, 6.45) is 6.66. The minimum absolute atomic E-state index is 0.0600. The molecule has 0 bridgehead atoms. The van der Waals surface area contributed by atoms with Crippen molar-refractivity contribution in [1.29, 1.82) is 0 Å². The zero-order valence-electron chi connectivity index (χ0n) is 12.3. The maximum absolute atomic E-state index is 11.1. The van der Waals surface area contributed by atoms with Crippen LogP contribution < -0.4 is 5.32 Å². The van der Waals surface area contributed by atoms with Gasteiger partial charge in [0.1, 0.15) is 5.69 Å². The zero-order valence-corrected chi connectivity index (χ0v) is 12.3. The predicted octanol–water partition coefficient (Wildman–Crippen LogP) is 4.07. The molecule has 1 aromatic rings. The van der Waals surface area contributed by atoms with Crippen LogP contribution in [0.25, 0.3) is 0 Å². The summed E-state index contributed by atoms with van der Waals surface area (Å²) in [5.74, 6) is -1.16. The summed E-state index contributed by atoms with van der Waals surface area (Å²) >= 11 is 0. The number of benzene rings is 1. The quantitative estimate of drug-likeness (QED) is 0.385. The third-order valence-electron chi connectivity index (χ3n) is 3.30. The van der Waals surface area contributed by atoms with Crippen LogP contribution in [-0.4, -0.2) is 22.5 Å². The van der Waals surface area contributed by atoms with Crippen LogP contribution in [0.2, 0.25) is 0 Å². The van der Waals surface area contributed by atoms with Gasteiger partial charge in [-0.25, -0.2) is 4.79 Å². The first-order valence-electron chi connectivity index (χ1n) is 7.32. The van der Waals surface area contributed by atoms with E-state index in [1.807, 2.05) is 0 Å². The highest BCUT2D eigenvalue weighted by molar-refractivity contribution is 5.96. The highest BCUT2D eigenvalue weighted by Crippen LogP contribution is 2.28. The van der Waals surface area contributed by atoms with Crippen molar-refractivity contribution in [1.82, 2.24) is 0 Å². The van der Waals surface area contributed by atoms with Crippen molar-refractivity contribution in [2.24, 2.45) is 0 Å². The lowest BCUT2D eigenvalue weighted by Gasteiger charge is -2.10. The zero-order chi connectivity index (χ0) is 15.7. The molecule has 1 aromatic carbocycles. The standard InChI is InChI=1S/C15H22N2O4/c1-2-3-4-5-6-7-11-16-14-12(15(18)19)9-8-10-13(14)17(20)21/h8-10,16H,2-7,11H2,1H3,(H,18,19). The van der Waals surface area contributed by atoms with Gasteiger partial charge < -0.3 is 10.4 Å². The van der Waals surface area contributed by atoms with Crippen LogP contribution in [0.3, 0.4) is 0 Å². The molecule has 0 aliphatic carbocycles. The number of nitro benzene ring substituents is 1. The fraction of sp³-hybridized carbons (Fsp3) is 0.533. The van der Waals surface area contributed by atoms with Gasteiger partial charge in [0, 0.05) is 12.6 Å². The second-order valence-electron chi connectivity index (χ2n) is 4.96. The molecule has 0 atom stereocenters. The Hall–Kier alpha value is -2.11. The molecule has 0 amide bonds. The van der Waals surface area contributed by atoms with Crippen molar-refractivity contribution in [3.8, 4) is 0 Å². The van der Waals surface area contributed by atoms with Gasteiger partial charge in [0.25, 0.3) is 5.69 Å². The van der Waals surface area contributed by atoms with Crippen LogP contribution in [0.4, 0.5) is 11.4 Å². The van der Waals surface area contributed by atoms with E-state index in [2.05, 4.69) is 12.2 Å². The lowest BCUT2D eigenvalue weighted by molar-refractivity contribution is -0.384. The van der Waals surface area contributed by atoms with Crippen LogP contribution in [-0.2, 0) is 0 Å². The highest BCUT2D eigenvalue weighted by atomic mass is 16.6. The maximum Gasteiger partial charge on any atom is 0.338 e. The van der Waals surface area contributed by atoms with Crippen LogP contribution in [0.1, 0.15) is 55.8 Å². The monoisotopic (exact) mass is 294 g/mol. The Morgan fingerprint density at radius 1 is 1.24 bits per heavy atom. The first-order valence-corrected chi connectivity index (χ1v) is 7.32. The molecular formula is C15H22N2O4. The Morgan fingerprint density at radius 2 is 1.90 bits per heavy atom. The number of carbonyl (C=O) groups is 1. The van der Waals surface area contributed by atoms with Crippen molar-refractivity contribution in [2.75, 3.05) is 11.9 Å². The number of aromatic carboxylic acids is 1. The van der Waals surface area contributed by atoms with Gasteiger partial charge in [-0.15, -0.1) is 0 Å². The molecule has 6 nitrogen and oxygen atoms in total. The molecule has 116 valence electrons. The average molecular weight is 294 g/mol. The molecule has 2 N–H and O–H groups in total. The molecule has 6 heteroatoms. The van der Waals surface area contributed by atoms with E-state index in [1.54, 1.807) is 0 Å². The number of nitro groups is 1. The number of hydrogen-bond donors (Lipinski definition) is 2. The summed E-state index contributed by atoms with van der Waals surface area (Å²) in [6, 6.07) is 4.08. The smallest absolute Gasteiger partial charge is 0.338 e. The second kappa shape index (κ2) is 8.94. The van der Waals surface area contributed by atoms with Gasteiger partial charge in [0.05, 0.1) is 10.5 Å². The number of unbranched alkanes of at least 4 members (excludes halogenated alkanes) is 5. The van der Waals surface area contributed by atoms with Gasteiger partial charge in [0.2, 0.25) is 0 Å². The van der Waals surface area contributed by atoms with E-state index in [4.69, 9.17) is 5.11 Å². The number of hydrogen-bond acceptors (Lipinski definition) is 4. The van der Waals surface area contributed by atoms with E-state index in [0.717, 1.165) is 19.3 Å². The predicted molar refractivity (Wildman–Crippen MR) is 81.9 cm³/mol. The third kappa shape index (κ3) is 5.41. The van der Waals surface area contributed by atoms with Crippen LogP contribution in [0.15, 0.2) is 18.2 Å². The van der Waals surface area contributed by atoms with E-state index in [-0.39, 0.29) is 16.9 Å². The number of rotatable bonds is 10. The minimum atomic E-state index is -1.16. The molecule has 0 saturated heterocycles. The van der Waals surface area contributed by atoms with Gasteiger partial charge in [-0.1, -0.05) is 45.1 Å². The fourth-order valence-electron chi connectivity index (χ4n) is 2.17. The minimum Gasteiger partial charge on any atom is -0.478 e. The fourth-order valence-corrected chi connectivity index (χ4v) is 2.17. The molecule has 0 spiro atoms. The SMILES string of the molecule is CCCCCCCCNc1c(C(=O)O)cccc1[N+](=O)[O-]. The number of carboxylic acid groups (broad SMARTS) is 1. The molecule has 0 heterocycles. The van der Waals surface area contributed by atoms with E-state index < -0.39 is 10.9 Å². The number of para-hydroxylation sites is 1. The Morgan fingerprint density at radius 3 is 2.52 bits per heavy atom. The van der Waals surface area contributed by atoms with Gasteiger partial charge in [-0.05, 0) is 12.5 Å². The second-order valence-corrected chi connectivity index (χ2v) is 4.96. The number of anilines is 1. The van der Waals surface area contributed by atoms with E-state index in [9.17, 15) is 14.9 Å². The lowest BCUT2D eigenvalue weighted by Crippen LogP contribution is -2.10. The van der Waals surface area contributed by atoms with Crippen molar-refractivity contribution in [2.45, 2.75) is 45.4 Å². The normalized spacial score (nSPS) is 10.3. The van der Waals surface area contributed by atoms with Crippen molar-refractivity contribution in [3.05, 3.63) is 33.9 Å². The average Bonchev–Trinajstić information content (AvgIpc) is 2.45. The summed E-state index contributed by atoms with van der Waals surface area (Å²) in [7, 11) is 0. The van der Waals surface area contributed by atoms with E-state index >= 15 is 0 Å². The molecule has 0 radical (unpaired) electrons. The Bertz CT molecular complexity index is 456. The van der Waals surface area contributed by atoms with Crippen molar-refractivity contribution < 1.29 is 14.8 Å². The molecule has 0 aliphatic rings. The van der Waals surface area contributed by atoms with Crippen molar-refractivity contribution >= 4 is 17.3 Å².